The molecule has 5 rings (SSSR count). The third-order valence-corrected chi connectivity index (χ3v) is 6.53. The maximum absolute atomic E-state index is 13.0. The molecular formula is C17H6O8S. The molecule has 2 aromatic carbocycles. The molecule has 128 valence electrons. The summed E-state index contributed by atoms with van der Waals surface area (Å²) in [5.41, 5.74) is 0.389. The fourth-order valence-corrected chi connectivity index (χ4v) is 5.15. The van der Waals surface area contributed by atoms with Crippen LogP contribution in [0.5, 0.6) is 0 Å². The lowest BCUT2D eigenvalue weighted by Crippen LogP contribution is -2.17. The van der Waals surface area contributed by atoms with E-state index in [-0.39, 0.29) is 38.5 Å². The van der Waals surface area contributed by atoms with Gasteiger partial charge in [-0.3, -0.25) is 0 Å². The second kappa shape index (κ2) is 4.44. The van der Waals surface area contributed by atoms with Crippen LogP contribution in [0.4, 0.5) is 0 Å². The SMILES string of the molecule is O=C1OC(=O)c2cc3c(cc21)Cc1cc2c(cc1S3(=O)=O)C(=O)OC2=O. The number of hydrogen-bond acceptors (Lipinski definition) is 8. The molecule has 2 aromatic rings. The highest BCUT2D eigenvalue weighted by atomic mass is 32.2. The van der Waals surface area contributed by atoms with Crippen LogP contribution in [-0.4, -0.2) is 32.3 Å². The summed E-state index contributed by atoms with van der Waals surface area (Å²) in [7, 11) is -4.06. The minimum atomic E-state index is -4.06. The van der Waals surface area contributed by atoms with Crippen molar-refractivity contribution in [2.24, 2.45) is 0 Å². The van der Waals surface area contributed by atoms with Gasteiger partial charge < -0.3 is 9.47 Å². The number of sulfone groups is 1. The standard InChI is InChI=1S/C17H6O8S/c18-14-8-2-6-1-7-3-9-11(17(21)25-15(9)19)5-13(7)26(22,23)12(6)4-10(8)16(20)24-14/h2-5H,1H2. The van der Waals surface area contributed by atoms with Crippen molar-refractivity contribution in [2.75, 3.05) is 0 Å². The van der Waals surface area contributed by atoms with Gasteiger partial charge in [-0.2, -0.15) is 0 Å². The van der Waals surface area contributed by atoms with Gasteiger partial charge in [0.1, 0.15) is 0 Å². The number of rotatable bonds is 0. The highest BCUT2D eigenvalue weighted by molar-refractivity contribution is 7.91. The van der Waals surface area contributed by atoms with Crippen LogP contribution in [0, 0.1) is 0 Å². The number of carbonyl (C=O) groups is 4. The maximum atomic E-state index is 13.0. The molecule has 0 aliphatic carbocycles. The third kappa shape index (κ3) is 1.70. The van der Waals surface area contributed by atoms with Crippen LogP contribution in [0.3, 0.4) is 0 Å². The normalized spacial score (nSPS) is 18.6. The van der Waals surface area contributed by atoms with Crippen molar-refractivity contribution in [2.45, 2.75) is 16.2 Å². The average molecular weight is 370 g/mol. The fraction of sp³-hybridized carbons (Fsp3) is 0.0588. The number of hydrogen-bond donors (Lipinski definition) is 0. The zero-order chi connectivity index (χ0) is 18.4. The topological polar surface area (TPSA) is 121 Å². The van der Waals surface area contributed by atoms with Crippen molar-refractivity contribution < 1.29 is 37.1 Å². The molecule has 8 nitrogen and oxygen atoms in total. The largest absolute Gasteiger partial charge is 0.386 e. The highest BCUT2D eigenvalue weighted by Gasteiger charge is 2.39. The quantitative estimate of drug-likeness (QED) is 0.425. The smallest absolute Gasteiger partial charge is 0.346 e. The predicted octanol–water partition coefficient (Wildman–Crippen LogP) is 1.04. The molecule has 0 saturated heterocycles. The van der Waals surface area contributed by atoms with Crippen molar-refractivity contribution in [1.82, 2.24) is 0 Å². The van der Waals surface area contributed by atoms with E-state index in [0.29, 0.717) is 11.1 Å². The van der Waals surface area contributed by atoms with Crippen LogP contribution in [0.2, 0.25) is 0 Å². The van der Waals surface area contributed by atoms with Crippen molar-refractivity contribution in [1.29, 1.82) is 0 Å². The summed E-state index contributed by atoms with van der Waals surface area (Å²) in [4.78, 5) is 46.6. The van der Waals surface area contributed by atoms with Gasteiger partial charge in [0.05, 0.1) is 32.0 Å². The van der Waals surface area contributed by atoms with E-state index in [9.17, 15) is 27.6 Å². The molecule has 0 saturated carbocycles. The molecule has 3 heterocycles. The Hall–Kier alpha value is -3.33. The fourth-order valence-electron chi connectivity index (χ4n) is 3.41. The Kier molecular flexibility index (Phi) is 2.56. The summed E-state index contributed by atoms with van der Waals surface area (Å²) in [5, 5.41) is 0. The minimum Gasteiger partial charge on any atom is -0.386 e. The lowest BCUT2D eigenvalue weighted by atomic mass is 9.97. The Morgan fingerprint density at radius 1 is 0.615 bits per heavy atom. The van der Waals surface area contributed by atoms with Crippen LogP contribution in [-0.2, 0) is 25.7 Å². The molecular weight excluding hydrogens is 364 g/mol. The Morgan fingerprint density at radius 2 is 0.962 bits per heavy atom. The summed E-state index contributed by atoms with van der Waals surface area (Å²) in [5.74, 6) is -3.48. The Morgan fingerprint density at radius 3 is 1.35 bits per heavy atom. The van der Waals surface area contributed by atoms with E-state index in [2.05, 4.69) is 9.47 Å². The Balaban J connectivity index is 1.79. The molecule has 0 spiro atoms. The molecule has 9 heteroatoms. The molecule has 0 fully saturated rings. The molecule has 3 aliphatic rings. The molecule has 3 aliphatic heterocycles. The zero-order valence-electron chi connectivity index (χ0n) is 12.7. The first-order valence-corrected chi connectivity index (χ1v) is 8.87. The molecule has 0 amide bonds. The lowest BCUT2D eigenvalue weighted by Gasteiger charge is -2.20. The Bertz CT molecular complexity index is 1150. The summed E-state index contributed by atoms with van der Waals surface area (Å²) in [6.07, 6.45) is 0.105. The lowest BCUT2D eigenvalue weighted by molar-refractivity contribution is 0.0425. The van der Waals surface area contributed by atoms with Crippen LogP contribution in [0.15, 0.2) is 34.1 Å². The minimum absolute atomic E-state index is 0.00291. The molecule has 0 N–H and O–H groups in total. The van der Waals surface area contributed by atoms with Crippen molar-refractivity contribution in [3.8, 4) is 0 Å². The Labute approximate surface area is 145 Å². The van der Waals surface area contributed by atoms with Crippen LogP contribution in [0.25, 0.3) is 0 Å². The number of fused-ring (bicyclic) bond motifs is 4. The van der Waals surface area contributed by atoms with E-state index in [4.69, 9.17) is 0 Å². The molecule has 26 heavy (non-hydrogen) atoms. The second-order valence-corrected chi connectivity index (χ2v) is 7.93. The summed E-state index contributed by atoms with van der Waals surface area (Å²) < 4.78 is 35.0. The van der Waals surface area contributed by atoms with E-state index >= 15 is 0 Å². The second-order valence-electron chi connectivity index (χ2n) is 6.05. The van der Waals surface area contributed by atoms with Gasteiger partial charge in [-0.15, -0.1) is 0 Å². The van der Waals surface area contributed by atoms with Gasteiger partial charge in [-0.05, 0) is 35.4 Å². The monoisotopic (exact) mass is 370 g/mol. The predicted molar refractivity (Wildman–Crippen MR) is 80.6 cm³/mol. The van der Waals surface area contributed by atoms with E-state index < -0.39 is 33.7 Å². The summed E-state index contributed by atoms with van der Waals surface area (Å²) in [6.45, 7) is 0. The van der Waals surface area contributed by atoms with Gasteiger partial charge in [0.15, 0.2) is 0 Å². The first kappa shape index (κ1) is 15.0. The van der Waals surface area contributed by atoms with Gasteiger partial charge >= 0.3 is 23.9 Å². The number of ether oxygens (including phenoxy) is 2. The van der Waals surface area contributed by atoms with E-state index in [1.807, 2.05) is 0 Å². The first-order valence-electron chi connectivity index (χ1n) is 7.39. The number of carbonyl (C=O) groups excluding carboxylic acids is 4. The zero-order valence-corrected chi connectivity index (χ0v) is 13.5. The van der Waals surface area contributed by atoms with Gasteiger partial charge in [0, 0.05) is 6.42 Å². The average Bonchev–Trinajstić information content (AvgIpc) is 3.01. The molecule has 0 atom stereocenters. The number of esters is 4. The van der Waals surface area contributed by atoms with E-state index in [1.54, 1.807) is 0 Å². The molecule has 0 unspecified atom stereocenters. The van der Waals surface area contributed by atoms with E-state index in [1.165, 1.54) is 12.1 Å². The van der Waals surface area contributed by atoms with Crippen LogP contribution < -0.4 is 0 Å². The van der Waals surface area contributed by atoms with Gasteiger partial charge in [0.2, 0.25) is 9.84 Å². The number of benzene rings is 2. The first-order chi connectivity index (χ1) is 12.3. The van der Waals surface area contributed by atoms with Gasteiger partial charge in [-0.1, -0.05) is 0 Å². The van der Waals surface area contributed by atoms with Gasteiger partial charge in [0.25, 0.3) is 0 Å². The molecule has 0 radical (unpaired) electrons. The van der Waals surface area contributed by atoms with Crippen LogP contribution >= 0.6 is 0 Å². The third-order valence-electron chi connectivity index (χ3n) is 4.61. The van der Waals surface area contributed by atoms with Gasteiger partial charge in [-0.25, -0.2) is 27.6 Å². The van der Waals surface area contributed by atoms with Crippen molar-refractivity contribution >= 4 is 33.7 Å². The summed E-state index contributed by atoms with van der Waals surface area (Å²) >= 11 is 0. The maximum Gasteiger partial charge on any atom is 0.346 e. The molecule has 0 aromatic heterocycles. The summed E-state index contributed by atoms with van der Waals surface area (Å²) in [6, 6.07) is 4.87. The van der Waals surface area contributed by atoms with Crippen molar-refractivity contribution in [3.63, 3.8) is 0 Å². The molecule has 0 bridgehead atoms. The van der Waals surface area contributed by atoms with Crippen LogP contribution in [0.1, 0.15) is 52.6 Å². The van der Waals surface area contributed by atoms with E-state index in [0.717, 1.165) is 12.1 Å². The highest BCUT2D eigenvalue weighted by Crippen LogP contribution is 2.39. The number of cyclic esters (lactones) is 4. The van der Waals surface area contributed by atoms with Crippen molar-refractivity contribution in [3.05, 3.63) is 57.6 Å².